The highest BCUT2D eigenvalue weighted by molar-refractivity contribution is 5.71. The van der Waals surface area contributed by atoms with Gasteiger partial charge in [0.15, 0.2) is 0 Å². The molecule has 0 saturated heterocycles. The van der Waals surface area contributed by atoms with Crippen LogP contribution in [-0.4, -0.2) is 9.85 Å². The molecule has 0 spiro atoms. The van der Waals surface area contributed by atoms with E-state index in [0.29, 0.717) is 11.6 Å². The highest BCUT2D eigenvalue weighted by Crippen LogP contribution is 2.31. The van der Waals surface area contributed by atoms with Crippen LogP contribution in [-0.2, 0) is 0 Å². The van der Waals surface area contributed by atoms with Gasteiger partial charge in [0.2, 0.25) is 0 Å². The van der Waals surface area contributed by atoms with Crippen molar-refractivity contribution in [3.63, 3.8) is 0 Å². The van der Waals surface area contributed by atoms with Gasteiger partial charge in [0.25, 0.3) is 11.4 Å². The SMILES string of the molecule is CCC(C)c1ccc(Nc2ccc([N+](=O)[O-])cc2[N+](=O)[O-])cc1. The van der Waals surface area contributed by atoms with Crippen LogP contribution in [0, 0.1) is 20.2 Å². The molecule has 0 bridgehead atoms. The van der Waals surface area contributed by atoms with E-state index in [1.807, 2.05) is 24.3 Å². The summed E-state index contributed by atoms with van der Waals surface area (Å²) in [6.07, 6.45) is 1.03. The molecule has 0 fully saturated rings. The zero-order chi connectivity index (χ0) is 17.0. The first-order valence-electron chi connectivity index (χ1n) is 7.22. The molecule has 0 aromatic heterocycles. The molecule has 1 N–H and O–H groups in total. The van der Waals surface area contributed by atoms with E-state index < -0.39 is 9.85 Å². The first-order valence-corrected chi connectivity index (χ1v) is 7.22. The zero-order valence-corrected chi connectivity index (χ0v) is 12.9. The summed E-state index contributed by atoms with van der Waals surface area (Å²) >= 11 is 0. The molecular weight excluding hydrogens is 298 g/mol. The summed E-state index contributed by atoms with van der Waals surface area (Å²) in [5.41, 5.74) is 1.46. The number of nitrogens with one attached hydrogen (secondary N) is 1. The molecular formula is C16H17N3O4. The maximum absolute atomic E-state index is 11.1. The molecule has 0 aliphatic heterocycles. The lowest BCUT2D eigenvalue weighted by Crippen LogP contribution is -1.99. The number of nitro groups is 2. The summed E-state index contributed by atoms with van der Waals surface area (Å²) in [5.74, 6) is 0.442. The fraction of sp³-hybridized carbons (Fsp3) is 0.250. The van der Waals surface area contributed by atoms with E-state index in [0.717, 1.165) is 12.5 Å². The number of anilines is 2. The van der Waals surface area contributed by atoms with Crippen LogP contribution in [0.15, 0.2) is 42.5 Å². The lowest BCUT2D eigenvalue weighted by molar-refractivity contribution is -0.393. The van der Waals surface area contributed by atoms with Crippen molar-refractivity contribution in [3.05, 3.63) is 68.3 Å². The number of nitro benzene ring substituents is 2. The summed E-state index contributed by atoms with van der Waals surface area (Å²) < 4.78 is 0. The molecule has 1 atom stereocenters. The van der Waals surface area contributed by atoms with Crippen molar-refractivity contribution in [1.82, 2.24) is 0 Å². The maximum Gasteiger partial charge on any atom is 0.299 e. The fourth-order valence-electron chi connectivity index (χ4n) is 2.18. The average molecular weight is 315 g/mol. The Labute approximate surface area is 133 Å². The molecule has 0 saturated carbocycles. The molecule has 0 radical (unpaired) electrons. The van der Waals surface area contributed by atoms with Gasteiger partial charge in [-0.15, -0.1) is 0 Å². The molecule has 0 aliphatic rings. The second-order valence-corrected chi connectivity index (χ2v) is 5.27. The van der Waals surface area contributed by atoms with Crippen LogP contribution in [0.2, 0.25) is 0 Å². The van der Waals surface area contributed by atoms with Gasteiger partial charge in [0.05, 0.1) is 15.9 Å². The van der Waals surface area contributed by atoms with Crippen molar-refractivity contribution in [1.29, 1.82) is 0 Å². The summed E-state index contributed by atoms with van der Waals surface area (Å²) in [6, 6.07) is 11.2. The first kappa shape index (κ1) is 16.4. The number of hydrogen-bond acceptors (Lipinski definition) is 5. The largest absolute Gasteiger partial charge is 0.350 e. The molecule has 23 heavy (non-hydrogen) atoms. The van der Waals surface area contributed by atoms with Crippen molar-refractivity contribution in [2.75, 3.05) is 5.32 Å². The van der Waals surface area contributed by atoms with E-state index in [-0.39, 0.29) is 17.1 Å². The highest BCUT2D eigenvalue weighted by atomic mass is 16.6. The van der Waals surface area contributed by atoms with Crippen LogP contribution in [0.5, 0.6) is 0 Å². The van der Waals surface area contributed by atoms with Gasteiger partial charge in [-0.2, -0.15) is 0 Å². The van der Waals surface area contributed by atoms with Gasteiger partial charge in [-0.25, -0.2) is 0 Å². The molecule has 0 aliphatic carbocycles. The van der Waals surface area contributed by atoms with Gasteiger partial charge in [0.1, 0.15) is 5.69 Å². The van der Waals surface area contributed by atoms with Crippen molar-refractivity contribution >= 4 is 22.7 Å². The van der Waals surface area contributed by atoms with Gasteiger partial charge in [-0.3, -0.25) is 20.2 Å². The Bertz CT molecular complexity index is 729. The fourth-order valence-corrected chi connectivity index (χ4v) is 2.18. The average Bonchev–Trinajstić information content (AvgIpc) is 2.54. The van der Waals surface area contributed by atoms with Gasteiger partial charge in [-0.1, -0.05) is 26.0 Å². The normalized spacial score (nSPS) is 11.7. The first-order chi connectivity index (χ1) is 10.9. The van der Waals surface area contributed by atoms with E-state index in [4.69, 9.17) is 0 Å². The van der Waals surface area contributed by atoms with Crippen LogP contribution < -0.4 is 5.32 Å². The second-order valence-electron chi connectivity index (χ2n) is 5.27. The lowest BCUT2D eigenvalue weighted by Gasteiger charge is -2.11. The van der Waals surface area contributed by atoms with Gasteiger partial charge in [-0.05, 0) is 36.1 Å². The molecule has 0 amide bonds. The van der Waals surface area contributed by atoms with Gasteiger partial charge >= 0.3 is 0 Å². The molecule has 1 unspecified atom stereocenters. The van der Waals surface area contributed by atoms with Crippen molar-refractivity contribution < 1.29 is 9.85 Å². The Morgan fingerprint density at radius 2 is 1.70 bits per heavy atom. The topological polar surface area (TPSA) is 98.3 Å². The van der Waals surface area contributed by atoms with Crippen molar-refractivity contribution in [3.8, 4) is 0 Å². The number of rotatable bonds is 6. The third-order valence-corrected chi connectivity index (χ3v) is 3.76. The molecule has 7 heteroatoms. The predicted octanol–water partition coefficient (Wildman–Crippen LogP) is 4.76. The predicted molar refractivity (Wildman–Crippen MR) is 88.2 cm³/mol. The Morgan fingerprint density at radius 3 is 2.22 bits per heavy atom. The number of benzene rings is 2. The van der Waals surface area contributed by atoms with Crippen molar-refractivity contribution in [2.24, 2.45) is 0 Å². The third kappa shape index (κ3) is 3.82. The lowest BCUT2D eigenvalue weighted by atomic mass is 9.98. The molecule has 120 valence electrons. The zero-order valence-electron chi connectivity index (χ0n) is 12.9. The van der Waals surface area contributed by atoms with E-state index in [1.54, 1.807) is 0 Å². The van der Waals surface area contributed by atoms with Crippen molar-refractivity contribution in [2.45, 2.75) is 26.2 Å². The Balaban J connectivity index is 2.29. The Hall–Kier alpha value is -2.96. The minimum Gasteiger partial charge on any atom is -0.350 e. The minimum absolute atomic E-state index is 0.219. The molecule has 2 aromatic carbocycles. The van der Waals surface area contributed by atoms with Gasteiger partial charge < -0.3 is 5.32 Å². The summed E-state index contributed by atoms with van der Waals surface area (Å²) in [4.78, 5) is 20.6. The van der Waals surface area contributed by atoms with E-state index in [2.05, 4.69) is 19.2 Å². The van der Waals surface area contributed by atoms with E-state index >= 15 is 0 Å². The van der Waals surface area contributed by atoms with Crippen LogP contribution in [0.25, 0.3) is 0 Å². The molecule has 7 nitrogen and oxygen atoms in total. The molecule has 2 rings (SSSR count). The smallest absolute Gasteiger partial charge is 0.299 e. The van der Waals surface area contributed by atoms with Crippen LogP contribution in [0.1, 0.15) is 31.7 Å². The monoisotopic (exact) mass is 315 g/mol. The number of nitrogens with zero attached hydrogens (tertiary/aromatic N) is 2. The summed E-state index contributed by atoms with van der Waals surface area (Å²) in [7, 11) is 0. The van der Waals surface area contributed by atoms with Crippen LogP contribution in [0.3, 0.4) is 0 Å². The number of hydrogen-bond donors (Lipinski definition) is 1. The van der Waals surface area contributed by atoms with E-state index in [9.17, 15) is 20.2 Å². The Kier molecular flexibility index (Phi) is 4.90. The van der Waals surface area contributed by atoms with E-state index in [1.165, 1.54) is 17.7 Å². The van der Waals surface area contributed by atoms with Gasteiger partial charge in [0, 0.05) is 11.8 Å². The third-order valence-electron chi connectivity index (χ3n) is 3.76. The van der Waals surface area contributed by atoms with Crippen LogP contribution >= 0.6 is 0 Å². The Morgan fingerprint density at radius 1 is 1.04 bits per heavy atom. The summed E-state index contributed by atoms with van der Waals surface area (Å²) in [6.45, 7) is 4.24. The molecule has 2 aromatic rings. The quantitative estimate of drug-likeness (QED) is 0.612. The minimum atomic E-state index is -0.655. The maximum atomic E-state index is 11.1. The van der Waals surface area contributed by atoms with Crippen LogP contribution in [0.4, 0.5) is 22.7 Å². The molecule has 0 heterocycles. The number of non-ortho nitro benzene ring substituents is 1. The second kappa shape index (κ2) is 6.87. The summed E-state index contributed by atoms with van der Waals surface area (Å²) in [5, 5.41) is 24.8. The standard InChI is InChI=1S/C16H17N3O4/c1-3-11(2)12-4-6-13(7-5-12)17-15-9-8-14(18(20)21)10-16(15)19(22)23/h4-11,17H,3H2,1-2H3. The highest BCUT2D eigenvalue weighted by Gasteiger charge is 2.19.